The van der Waals surface area contributed by atoms with E-state index in [1.807, 2.05) is 0 Å². The monoisotopic (exact) mass is 382 g/mol. The first-order chi connectivity index (χ1) is 13.3. The van der Waals surface area contributed by atoms with Gasteiger partial charge in [-0.05, 0) is 75.6 Å². The van der Waals surface area contributed by atoms with Crippen molar-refractivity contribution in [2.45, 2.75) is 91.3 Å². The highest BCUT2D eigenvalue weighted by molar-refractivity contribution is 5.27. The van der Waals surface area contributed by atoms with Crippen molar-refractivity contribution in [2.24, 2.45) is 0 Å². The molecule has 0 radical (unpaired) electrons. The Labute approximate surface area is 172 Å². The first kappa shape index (κ1) is 22.6. The van der Waals surface area contributed by atoms with Crippen LogP contribution in [0.4, 0.5) is 0 Å². The lowest BCUT2D eigenvalue weighted by Crippen LogP contribution is -2.29. The van der Waals surface area contributed by atoms with Gasteiger partial charge in [0.05, 0.1) is 0 Å². The Hall–Kier alpha value is -1.64. The van der Waals surface area contributed by atoms with Crippen LogP contribution in [0.15, 0.2) is 48.5 Å². The third kappa shape index (κ3) is 6.46. The molecule has 0 heterocycles. The van der Waals surface area contributed by atoms with Gasteiger partial charge in [0.15, 0.2) is 0 Å². The summed E-state index contributed by atoms with van der Waals surface area (Å²) in [7, 11) is 0. The van der Waals surface area contributed by atoms with Crippen LogP contribution in [0.2, 0.25) is 0 Å². The van der Waals surface area contributed by atoms with E-state index in [1.165, 1.54) is 36.8 Å². The minimum absolute atomic E-state index is 0.512. The second kappa shape index (κ2) is 10.2. The molecular formula is C26H38O2. The fraction of sp³-hybridized carbons (Fsp3) is 0.538. The van der Waals surface area contributed by atoms with Crippen molar-refractivity contribution in [1.82, 2.24) is 0 Å². The zero-order valence-electron chi connectivity index (χ0n) is 18.7. The summed E-state index contributed by atoms with van der Waals surface area (Å²) in [5.74, 6) is 0. The summed E-state index contributed by atoms with van der Waals surface area (Å²) < 4.78 is 0. The van der Waals surface area contributed by atoms with Gasteiger partial charge in [-0.25, -0.2) is 9.78 Å². The Morgan fingerprint density at radius 1 is 0.571 bits per heavy atom. The summed E-state index contributed by atoms with van der Waals surface area (Å²) in [6.07, 6.45) is 7.17. The Morgan fingerprint density at radius 3 is 1.18 bits per heavy atom. The molecule has 0 aliphatic rings. The van der Waals surface area contributed by atoms with Crippen molar-refractivity contribution >= 4 is 0 Å². The van der Waals surface area contributed by atoms with Crippen LogP contribution in [0.1, 0.15) is 89.5 Å². The van der Waals surface area contributed by atoms with Gasteiger partial charge in [0.25, 0.3) is 0 Å². The normalized spacial score (nSPS) is 12.4. The molecule has 0 atom stereocenters. The van der Waals surface area contributed by atoms with E-state index in [0.717, 1.165) is 24.0 Å². The van der Waals surface area contributed by atoms with Gasteiger partial charge >= 0.3 is 0 Å². The molecule has 0 saturated heterocycles. The molecule has 2 nitrogen and oxygen atoms in total. The highest BCUT2D eigenvalue weighted by Gasteiger charge is 2.29. The molecular weight excluding hydrogens is 344 g/mol. The van der Waals surface area contributed by atoms with Crippen molar-refractivity contribution in [3.05, 3.63) is 70.8 Å². The van der Waals surface area contributed by atoms with Crippen LogP contribution in [-0.4, -0.2) is 0 Å². The molecule has 0 fully saturated rings. The predicted octanol–water partition coefficient (Wildman–Crippen LogP) is 7.49. The smallest absolute Gasteiger partial charge is 0.123 e. The van der Waals surface area contributed by atoms with E-state index in [0.29, 0.717) is 0 Å². The molecule has 0 spiro atoms. The highest BCUT2D eigenvalue weighted by Crippen LogP contribution is 2.32. The number of rotatable bonds is 11. The van der Waals surface area contributed by atoms with Crippen LogP contribution in [0, 0.1) is 0 Å². The van der Waals surface area contributed by atoms with Crippen molar-refractivity contribution < 1.29 is 9.78 Å². The average Bonchev–Trinajstić information content (AvgIpc) is 2.70. The number of hydrogen-bond donors (Lipinski definition) is 0. The lowest BCUT2D eigenvalue weighted by atomic mass is 9.95. The minimum atomic E-state index is -0.512. The van der Waals surface area contributed by atoms with E-state index in [4.69, 9.17) is 9.78 Å². The van der Waals surface area contributed by atoms with Gasteiger partial charge in [0, 0.05) is 0 Å². The van der Waals surface area contributed by atoms with Crippen LogP contribution in [0.5, 0.6) is 0 Å². The molecule has 2 aromatic rings. The molecule has 0 N–H and O–H groups in total. The van der Waals surface area contributed by atoms with Gasteiger partial charge in [-0.3, -0.25) is 0 Å². The van der Waals surface area contributed by atoms with Crippen LogP contribution in [-0.2, 0) is 33.8 Å². The maximum absolute atomic E-state index is 5.95. The number of hydrogen-bond acceptors (Lipinski definition) is 2. The first-order valence-corrected chi connectivity index (χ1v) is 10.8. The summed E-state index contributed by atoms with van der Waals surface area (Å²) in [4.78, 5) is 11.9. The zero-order chi connectivity index (χ0) is 20.6. The van der Waals surface area contributed by atoms with Crippen molar-refractivity contribution in [2.75, 3.05) is 0 Å². The third-order valence-corrected chi connectivity index (χ3v) is 5.39. The molecule has 0 aliphatic heterocycles. The zero-order valence-corrected chi connectivity index (χ0v) is 18.7. The molecule has 0 aromatic heterocycles. The highest BCUT2D eigenvalue weighted by atomic mass is 17.2. The first-order valence-electron chi connectivity index (χ1n) is 10.8. The van der Waals surface area contributed by atoms with E-state index in [1.54, 1.807) is 0 Å². The molecule has 0 saturated carbocycles. The molecule has 0 unspecified atom stereocenters. The molecule has 0 bridgehead atoms. The molecule has 2 heteroatoms. The summed E-state index contributed by atoms with van der Waals surface area (Å²) in [6.45, 7) is 12.7. The lowest BCUT2D eigenvalue weighted by molar-refractivity contribution is -0.410. The SMILES string of the molecule is CCCCc1ccc(C(C)(C)OOC(C)(C)c2ccc(CCCC)cc2)cc1. The summed E-state index contributed by atoms with van der Waals surface area (Å²) in [5, 5.41) is 0. The van der Waals surface area contributed by atoms with E-state index in [9.17, 15) is 0 Å². The average molecular weight is 383 g/mol. The maximum atomic E-state index is 5.95. The van der Waals surface area contributed by atoms with Crippen LogP contribution >= 0.6 is 0 Å². The lowest BCUT2D eigenvalue weighted by Gasteiger charge is -2.31. The standard InChI is InChI=1S/C26H38O2/c1-7-9-11-21-13-17-23(18-14-21)25(3,4)27-28-26(5,6)24-19-15-22(16-20-24)12-10-8-2/h13-20H,7-12H2,1-6H3. The second-order valence-corrected chi connectivity index (χ2v) is 8.79. The van der Waals surface area contributed by atoms with Crippen LogP contribution in [0.25, 0.3) is 0 Å². The Kier molecular flexibility index (Phi) is 8.27. The minimum Gasteiger partial charge on any atom is -0.225 e. The molecule has 2 rings (SSSR count). The molecule has 0 aliphatic carbocycles. The van der Waals surface area contributed by atoms with Gasteiger partial charge in [-0.15, -0.1) is 0 Å². The molecule has 154 valence electrons. The Bertz CT molecular complexity index is 633. The Balaban J connectivity index is 1.99. The summed E-state index contributed by atoms with van der Waals surface area (Å²) in [5.41, 5.74) is 3.98. The van der Waals surface area contributed by atoms with Gasteiger partial charge in [-0.1, -0.05) is 75.2 Å². The van der Waals surface area contributed by atoms with Gasteiger partial charge < -0.3 is 0 Å². The van der Waals surface area contributed by atoms with Crippen molar-refractivity contribution in [3.63, 3.8) is 0 Å². The Morgan fingerprint density at radius 2 is 0.893 bits per heavy atom. The topological polar surface area (TPSA) is 18.5 Å². The number of unbranched alkanes of at least 4 members (excludes halogenated alkanes) is 2. The van der Waals surface area contributed by atoms with E-state index >= 15 is 0 Å². The third-order valence-electron chi connectivity index (χ3n) is 5.39. The number of benzene rings is 2. The van der Waals surface area contributed by atoms with Crippen molar-refractivity contribution in [3.8, 4) is 0 Å². The fourth-order valence-corrected chi connectivity index (χ4v) is 3.21. The molecule has 28 heavy (non-hydrogen) atoms. The van der Waals surface area contributed by atoms with E-state index in [2.05, 4.69) is 90.1 Å². The van der Waals surface area contributed by atoms with E-state index in [-0.39, 0.29) is 0 Å². The molecule has 0 amide bonds. The van der Waals surface area contributed by atoms with E-state index < -0.39 is 11.2 Å². The van der Waals surface area contributed by atoms with Crippen molar-refractivity contribution in [1.29, 1.82) is 0 Å². The van der Waals surface area contributed by atoms with Crippen LogP contribution in [0.3, 0.4) is 0 Å². The van der Waals surface area contributed by atoms with Gasteiger partial charge in [0.1, 0.15) is 11.2 Å². The second-order valence-electron chi connectivity index (χ2n) is 8.79. The van der Waals surface area contributed by atoms with Gasteiger partial charge in [0.2, 0.25) is 0 Å². The van der Waals surface area contributed by atoms with Gasteiger partial charge in [-0.2, -0.15) is 0 Å². The summed E-state index contributed by atoms with van der Waals surface area (Å²) >= 11 is 0. The fourth-order valence-electron chi connectivity index (χ4n) is 3.21. The quantitative estimate of drug-likeness (QED) is 0.296. The predicted molar refractivity (Wildman–Crippen MR) is 118 cm³/mol. The summed E-state index contributed by atoms with van der Waals surface area (Å²) in [6, 6.07) is 17.4. The molecule has 2 aromatic carbocycles. The maximum Gasteiger partial charge on any atom is 0.123 e. The number of aryl methyl sites for hydroxylation is 2. The largest absolute Gasteiger partial charge is 0.225 e. The van der Waals surface area contributed by atoms with Crippen LogP contribution < -0.4 is 0 Å².